The number of anilines is 1. The minimum atomic E-state index is -4.78. The molecule has 6 nitrogen and oxygen atoms in total. The highest BCUT2D eigenvalue weighted by Gasteiger charge is 2.32. The highest BCUT2D eigenvalue weighted by atomic mass is 32.2. The second-order valence-corrected chi connectivity index (χ2v) is 6.67. The number of thioether (sulfide) groups is 1. The van der Waals surface area contributed by atoms with Crippen LogP contribution in [0.4, 0.5) is 23.4 Å². The van der Waals surface area contributed by atoms with Crippen molar-refractivity contribution in [2.75, 3.05) is 11.6 Å². The molecule has 0 fully saturated rings. The van der Waals surface area contributed by atoms with Gasteiger partial charge in [-0.1, -0.05) is 0 Å². The third-order valence-corrected chi connectivity index (χ3v) is 4.45. The van der Waals surface area contributed by atoms with Crippen molar-refractivity contribution in [2.45, 2.75) is 25.0 Å². The van der Waals surface area contributed by atoms with E-state index >= 15 is 0 Å². The van der Waals surface area contributed by atoms with Crippen molar-refractivity contribution >= 4 is 29.4 Å². The molecule has 1 aromatic heterocycles. The van der Waals surface area contributed by atoms with E-state index in [0.29, 0.717) is 29.4 Å². The second-order valence-electron chi connectivity index (χ2n) is 5.80. The number of alkyl halides is 3. The van der Waals surface area contributed by atoms with Gasteiger partial charge < -0.3 is 15.2 Å². The third-order valence-electron chi connectivity index (χ3n) is 3.90. The van der Waals surface area contributed by atoms with Crippen LogP contribution in [0.25, 0.3) is 0 Å². The predicted molar refractivity (Wildman–Crippen MR) is 90.6 cm³/mol. The fourth-order valence-electron chi connectivity index (χ4n) is 2.69. The molecule has 2 N–H and O–H groups in total. The Labute approximate surface area is 155 Å². The van der Waals surface area contributed by atoms with Gasteiger partial charge in [0.15, 0.2) is 5.82 Å². The number of nitrogens with zero attached hydrogens (tertiary/aromatic N) is 2. The van der Waals surface area contributed by atoms with Gasteiger partial charge >= 0.3 is 6.18 Å². The van der Waals surface area contributed by atoms with Crippen molar-refractivity contribution in [3.63, 3.8) is 0 Å². The molecule has 0 aliphatic carbocycles. The zero-order valence-electron chi connectivity index (χ0n) is 14.0. The molecule has 11 heteroatoms. The first kappa shape index (κ1) is 19.2. The quantitative estimate of drug-likeness (QED) is 0.772. The van der Waals surface area contributed by atoms with Gasteiger partial charge in [0.05, 0.1) is 23.6 Å². The predicted octanol–water partition coefficient (Wildman–Crippen LogP) is 2.79. The van der Waals surface area contributed by atoms with Crippen LogP contribution in [-0.2, 0) is 29.8 Å². The molecule has 0 unspecified atom stereocenters. The molecule has 3 rings (SSSR count). The lowest BCUT2D eigenvalue weighted by Gasteiger charge is -2.18. The van der Waals surface area contributed by atoms with E-state index in [1.54, 1.807) is 4.57 Å². The molecule has 0 bridgehead atoms. The Bertz CT molecular complexity index is 911. The fourth-order valence-corrected chi connectivity index (χ4v) is 3.17. The van der Waals surface area contributed by atoms with Crippen LogP contribution < -0.4 is 10.6 Å². The van der Waals surface area contributed by atoms with Crippen molar-refractivity contribution in [2.24, 2.45) is 0 Å². The summed E-state index contributed by atoms with van der Waals surface area (Å²) in [6.07, 6.45) is -2.94. The number of amides is 2. The molecule has 2 heterocycles. The number of aromatic nitrogens is 2. The number of fused-ring (bicyclic) bond motifs is 1. The van der Waals surface area contributed by atoms with Crippen molar-refractivity contribution in [3.05, 3.63) is 46.7 Å². The van der Waals surface area contributed by atoms with Crippen molar-refractivity contribution in [1.29, 1.82) is 0 Å². The molecule has 0 saturated heterocycles. The number of hydrogen-bond donors (Lipinski definition) is 2. The van der Waals surface area contributed by atoms with Gasteiger partial charge in [0.2, 0.25) is 5.91 Å². The van der Waals surface area contributed by atoms with Gasteiger partial charge in [-0.3, -0.25) is 9.59 Å². The number of imidazole rings is 1. The maximum Gasteiger partial charge on any atom is 0.416 e. The van der Waals surface area contributed by atoms with E-state index < -0.39 is 29.0 Å². The number of halogens is 4. The molecule has 0 atom stereocenters. The third kappa shape index (κ3) is 4.07. The molecule has 0 saturated carbocycles. The molecular formula is C16H14F4N4O2S. The highest BCUT2D eigenvalue weighted by molar-refractivity contribution is 7.97. The van der Waals surface area contributed by atoms with Gasteiger partial charge in [-0.25, -0.2) is 9.37 Å². The molecule has 1 aliphatic rings. The van der Waals surface area contributed by atoms with E-state index in [-0.39, 0.29) is 24.8 Å². The standard InChI is InChI=1S/C16H14F4N4O2S/c1-27-7-12-22-14(11-5-21-13(25)6-24(11)12)23-15(26)8-2-9(16(18,19)20)4-10(17)3-8/h2-4H,5-7H2,1H3,(H,21,25)(H,23,26). The van der Waals surface area contributed by atoms with Crippen LogP contribution in [0.1, 0.15) is 27.4 Å². The molecule has 144 valence electrons. The van der Waals surface area contributed by atoms with E-state index in [1.165, 1.54) is 11.8 Å². The summed E-state index contributed by atoms with van der Waals surface area (Å²) in [5, 5.41) is 5.04. The van der Waals surface area contributed by atoms with Crippen LogP contribution >= 0.6 is 11.8 Å². The number of benzene rings is 1. The van der Waals surface area contributed by atoms with Crippen LogP contribution in [0.5, 0.6) is 0 Å². The molecule has 2 aromatic rings. The van der Waals surface area contributed by atoms with Crippen molar-refractivity contribution in [1.82, 2.24) is 14.9 Å². The maximum absolute atomic E-state index is 13.5. The summed E-state index contributed by atoms with van der Waals surface area (Å²) in [6.45, 7) is 0.152. The zero-order chi connectivity index (χ0) is 19.8. The van der Waals surface area contributed by atoms with E-state index in [1.807, 2.05) is 6.26 Å². The van der Waals surface area contributed by atoms with Gasteiger partial charge in [0, 0.05) is 5.56 Å². The summed E-state index contributed by atoms with van der Waals surface area (Å²) in [5.41, 5.74) is -1.20. The van der Waals surface area contributed by atoms with Crippen molar-refractivity contribution < 1.29 is 27.2 Å². The maximum atomic E-state index is 13.5. The molecule has 27 heavy (non-hydrogen) atoms. The lowest BCUT2D eigenvalue weighted by atomic mass is 10.1. The van der Waals surface area contributed by atoms with Crippen LogP contribution in [0.3, 0.4) is 0 Å². The summed E-state index contributed by atoms with van der Waals surface area (Å²) < 4.78 is 53.7. The van der Waals surface area contributed by atoms with Gasteiger partial charge in [-0.15, -0.1) is 0 Å². The Morgan fingerprint density at radius 1 is 1.37 bits per heavy atom. The van der Waals surface area contributed by atoms with Crippen LogP contribution in [0.2, 0.25) is 0 Å². The first-order valence-corrected chi connectivity index (χ1v) is 9.11. The van der Waals surface area contributed by atoms with Gasteiger partial charge in [-0.2, -0.15) is 24.9 Å². The molecule has 2 amide bonds. The minimum absolute atomic E-state index is 0.0340. The number of carbonyl (C=O) groups excluding carboxylic acids is 2. The number of hydrogen-bond acceptors (Lipinski definition) is 4. The monoisotopic (exact) mass is 402 g/mol. The van der Waals surface area contributed by atoms with Crippen molar-refractivity contribution in [3.8, 4) is 0 Å². The smallest absolute Gasteiger partial charge is 0.349 e. The first-order chi connectivity index (χ1) is 12.7. The van der Waals surface area contributed by atoms with Crippen LogP contribution in [0, 0.1) is 5.82 Å². The van der Waals surface area contributed by atoms with E-state index in [0.717, 1.165) is 6.07 Å². The van der Waals surface area contributed by atoms with E-state index in [2.05, 4.69) is 15.6 Å². The van der Waals surface area contributed by atoms with Gasteiger partial charge in [0.25, 0.3) is 5.91 Å². The Kier molecular flexibility index (Phi) is 5.13. The Morgan fingerprint density at radius 3 is 2.78 bits per heavy atom. The Morgan fingerprint density at radius 2 is 2.11 bits per heavy atom. The normalized spacial score (nSPS) is 13.9. The fraction of sp³-hybridized carbons (Fsp3) is 0.312. The highest BCUT2D eigenvalue weighted by Crippen LogP contribution is 2.31. The lowest BCUT2D eigenvalue weighted by Crippen LogP contribution is -2.35. The average molecular weight is 402 g/mol. The number of carbonyl (C=O) groups is 2. The SMILES string of the molecule is CSCc1nc(NC(=O)c2cc(F)cc(C(F)(F)F)c2)c2n1CC(=O)NC2. The molecule has 0 radical (unpaired) electrons. The lowest BCUT2D eigenvalue weighted by molar-refractivity contribution is -0.137. The number of nitrogens with one attached hydrogen (secondary N) is 2. The van der Waals surface area contributed by atoms with E-state index in [9.17, 15) is 27.2 Å². The Balaban J connectivity index is 1.92. The van der Waals surface area contributed by atoms with Crippen LogP contribution in [-0.4, -0.2) is 27.6 Å². The van der Waals surface area contributed by atoms with Gasteiger partial charge in [0.1, 0.15) is 18.2 Å². The number of rotatable bonds is 4. The summed E-state index contributed by atoms with van der Waals surface area (Å²) in [5.74, 6) is -1.14. The van der Waals surface area contributed by atoms with Gasteiger partial charge in [-0.05, 0) is 24.5 Å². The minimum Gasteiger partial charge on any atom is -0.349 e. The second kappa shape index (κ2) is 7.22. The molecular weight excluding hydrogens is 388 g/mol. The molecule has 0 spiro atoms. The average Bonchev–Trinajstić information content (AvgIpc) is 2.90. The summed E-state index contributed by atoms with van der Waals surface area (Å²) in [4.78, 5) is 28.3. The van der Waals surface area contributed by atoms with E-state index in [4.69, 9.17) is 0 Å². The largest absolute Gasteiger partial charge is 0.416 e. The molecule has 1 aliphatic heterocycles. The first-order valence-electron chi connectivity index (χ1n) is 7.72. The Hall–Kier alpha value is -2.56. The topological polar surface area (TPSA) is 76.0 Å². The van der Waals surface area contributed by atoms with Crippen LogP contribution in [0.15, 0.2) is 18.2 Å². The summed E-state index contributed by atoms with van der Waals surface area (Å²) in [7, 11) is 0. The summed E-state index contributed by atoms with van der Waals surface area (Å²) in [6, 6.07) is 1.62. The zero-order valence-corrected chi connectivity index (χ0v) is 14.8. The summed E-state index contributed by atoms with van der Waals surface area (Å²) >= 11 is 1.46. The molecule has 1 aromatic carbocycles.